The zero-order valence-electron chi connectivity index (χ0n) is 10.4. The number of hydrogen-bond acceptors (Lipinski definition) is 2. The molecule has 1 amide bonds. The van der Waals surface area contributed by atoms with Crippen LogP contribution in [0.3, 0.4) is 0 Å². The zero-order valence-corrected chi connectivity index (χ0v) is 11.1. The van der Waals surface area contributed by atoms with Crippen LogP contribution in [0.4, 0.5) is 5.69 Å². The topological polar surface area (TPSA) is 46.2 Å². The second-order valence-electron chi connectivity index (χ2n) is 4.43. The Morgan fingerprint density at radius 2 is 1.75 bits per heavy atom. The van der Waals surface area contributed by atoms with Gasteiger partial charge in [0.1, 0.15) is 0 Å². The Labute approximate surface area is 120 Å². The lowest BCUT2D eigenvalue weighted by atomic mass is 10.0. The highest BCUT2D eigenvalue weighted by molar-refractivity contribution is 6.35. The molecule has 0 bridgehead atoms. The highest BCUT2D eigenvalue weighted by Crippen LogP contribution is 2.31. The SMILES string of the molecule is O=C1Nc2ccccc2/C1=C/C(=O)c1ccc(Cl)cc1. The Morgan fingerprint density at radius 1 is 1.05 bits per heavy atom. The number of nitrogens with one attached hydrogen (secondary N) is 1. The first kappa shape index (κ1) is 12.6. The number of fused-ring (bicyclic) bond motifs is 1. The summed E-state index contributed by atoms with van der Waals surface area (Å²) >= 11 is 5.79. The Morgan fingerprint density at radius 3 is 2.50 bits per heavy atom. The van der Waals surface area contributed by atoms with Gasteiger partial charge in [0.15, 0.2) is 5.78 Å². The number of carbonyl (C=O) groups excluding carboxylic acids is 2. The molecule has 0 radical (unpaired) electrons. The van der Waals surface area contributed by atoms with Crippen molar-refractivity contribution in [1.82, 2.24) is 0 Å². The van der Waals surface area contributed by atoms with Crippen molar-refractivity contribution in [3.8, 4) is 0 Å². The van der Waals surface area contributed by atoms with E-state index in [4.69, 9.17) is 11.6 Å². The molecular weight excluding hydrogens is 274 g/mol. The number of halogens is 1. The highest BCUT2D eigenvalue weighted by atomic mass is 35.5. The molecule has 3 nitrogen and oxygen atoms in total. The summed E-state index contributed by atoms with van der Waals surface area (Å²) in [4.78, 5) is 24.1. The molecule has 4 heteroatoms. The van der Waals surface area contributed by atoms with Crippen LogP contribution in [0.2, 0.25) is 5.02 Å². The standard InChI is InChI=1S/C16H10ClNO2/c17-11-7-5-10(6-8-11)15(19)9-13-12-3-1-2-4-14(12)18-16(13)20/h1-9H,(H,18,20)/b13-9-. The number of carbonyl (C=O) groups is 2. The smallest absolute Gasteiger partial charge is 0.256 e. The summed E-state index contributed by atoms with van der Waals surface area (Å²) in [5.41, 5.74) is 2.37. The van der Waals surface area contributed by atoms with Gasteiger partial charge in [-0.05, 0) is 36.4 Å². The van der Waals surface area contributed by atoms with Crippen LogP contribution in [-0.4, -0.2) is 11.7 Å². The van der Waals surface area contributed by atoms with Crippen molar-refractivity contribution in [2.24, 2.45) is 0 Å². The molecular formula is C16H10ClNO2. The zero-order chi connectivity index (χ0) is 14.1. The lowest BCUT2D eigenvalue weighted by Gasteiger charge is -1.99. The van der Waals surface area contributed by atoms with Crippen molar-refractivity contribution in [2.75, 3.05) is 5.32 Å². The Bertz CT molecular complexity index is 732. The van der Waals surface area contributed by atoms with Gasteiger partial charge in [0.05, 0.1) is 5.57 Å². The maximum atomic E-state index is 12.2. The average molecular weight is 284 g/mol. The van der Waals surface area contributed by atoms with Crippen LogP contribution in [-0.2, 0) is 4.79 Å². The number of amides is 1. The van der Waals surface area contributed by atoms with Gasteiger partial charge in [-0.15, -0.1) is 0 Å². The van der Waals surface area contributed by atoms with Gasteiger partial charge in [-0.25, -0.2) is 0 Å². The summed E-state index contributed by atoms with van der Waals surface area (Å²) in [7, 11) is 0. The second-order valence-corrected chi connectivity index (χ2v) is 4.87. The van der Waals surface area contributed by atoms with Gasteiger partial charge in [0.2, 0.25) is 0 Å². The van der Waals surface area contributed by atoms with Gasteiger partial charge in [0, 0.05) is 21.8 Å². The molecule has 2 aromatic carbocycles. The van der Waals surface area contributed by atoms with Crippen LogP contribution in [0.5, 0.6) is 0 Å². The highest BCUT2D eigenvalue weighted by Gasteiger charge is 2.24. The molecule has 1 N–H and O–H groups in total. The van der Waals surface area contributed by atoms with Crippen LogP contribution >= 0.6 is 11.6 Å². The van der Waals surface area contributed by atoms with E-state index in [0.717, 1.165) is 11.3 Å². The lowest BCUT2D eigenvalue weighted by Crippen LogP contribution is -2.05. The van der Waals surface area contributed by atoms with Gasteiger partial charge in [-0.1, -0.05) is 29.8 Å². The van der Waals surface area contributed by atoms with Crippen molar-refractivity contribution in [3.05, 3.63) is 70.8 Å². The molecule has 3 rings (SSSR count). The fourth-order valence-corrected chi connectivity index (χ4v) is 2.24. The molecule has 1 heterocycles. The Kier molecular flexibility index (Phi) is 3.12. The average Bonchev–Trinajstić information content (AvgIpc) is 2.76. The minimum Gasteiger partial charge on any atom is -0.321 e. The third kappa shape index (κ3) is 2.24. The van der Waals surface area contributed by atoms with Gasteiger partial charge >= 0.3 is 0 Å². The van der Waals surface area contributed by atoms with Crippen molar-refractivity contribution in [3.63, 3.8) is 0 Å². The number of anilines is 1. The second kappa shape index (κ2) is 4.94. The summed E-state index contributed by atoms with van der Waals surface area (Å²) in [5, 5.41) is 3.30. The molecule has 0 spiro atoms. The largest absolute Gasteiger partial charge is 0.321 e. The predicted molar refractivity (Wildman–Crippen MR) is 78.8 cm³/mol. The fourth-order valence-electron chi connectivity index (χ4n) is 2.11. The van der Waals surface area contributed by atoms with Crippen molar-refractivity contribution < 1.29 is 9.59 Å². The summed E-state index contributed by atoms with van der Waals surface area (Å²) < 4.78 is 0. The van der Waals surface area contributed by atoms with Crippen molar-refractivity contribution in [2.45, 2.75) is 0 Å². The lowest BCUT2D eigenvalue weighted by molar-refractivity contribution is -0.110. The normalized spacial score (nSPS) is 15.1. The summed E-state index contributed by atoms with van der Waals surface area (Å²) in [6.45, 7) is 0. The van der Waals surface area contributed by atoms with E-state index in [1.807, 2.05) is 18.2 Å². The molecule has 0 saturated heterocycles. The van der Waals surface area contributed by atoms with E-state index in [2.05, 4.69) is 5.32 Å². The van der Waals surface area contributed by atoms with E-state index in [1.54, 1.807) is 30.3 Å². The third-order valence-electron chi connectivity index (χ3n) is 3.11. The number of allylic oxidation sites excluding steroid dienone is 1. The van der Waals surface area contributed by atoms with Crippen LogP contribution in [0.15, 0.2) is 54.6 Å². The molecule has 0 aromatic heterocycles. The number of hydrogen-bond donors (Lipinski definition) is 1. The minimum atomic E-state index is -0.256. The molecule has 0 aliphatic carbocycles. The fraction of sp³-hybridized carbons (Fsp3) is 0. The molecule has 0 fully saturated rings. The molecule has 20 heavy (non-hydrogen) atoms. The van der Waals surface area contributed by atoms with E-state index in [9.17, 15) is 9.59 Å². The number of benzene rings is 2. The van der Waals surface area contributed by atoms with Gasteiger partial charge in [0.25, 0.3) is 5.91 Å². The van der Waals surface area contributed by atoms with Gasteiger partial charge < -0.3 is 5.32 Å². The molecule has 0 saturated carbocycles. The van der Waals surface area contributed by atoms with Crippen LogP contribution in [0, 0.1) is 0 Å². The molecule has 0 unspecified atom stereocenters. The molecule has 0 atom stereocenters. The van der Waals surface area contributed by atoms with Crippen LogP contribution in [0.25, 0.3) is 5.57 Å². The molecule has 1 aliphatic heterocycles. The molecule has 1 aliphatic rings. The summed E-state index contributed by atoms with van der Waals surface area (Å²) in [6.07, 6.45) is 1.37. The Hall–Kier alpha value is -2.39. The first-order chi connectivity index (χ1) is 9.65. The molecule has 98 valence electrons. The number of ketones is 1. The quantitative estimate of drug-likeness (QED) is 0.677. The van der Waals surface area contributed by atoms with E-state index < -0.39 is 0 Å². The molecule has 2 aromatic rings. The maximum absolute atomic E-state index is 12.2. The first-order valence-corrected chi connectivity index (χ1v) is 6.45. The maximum Gasteiger partial charge on any atom is 0.256 e. The predicted octanol–water partition coefficient (Wildman–Crippen LogP) is 3.56. The van der Waals surface area contributed by atoms with E-state index in [-0.39, 0.29) is 11.7 Å². The summed E-state index contributed by atoms with van der Waals surface area (Å²) in [6, 6.07) is 13.9. The Balaban J connectivity index is 1.98. The summed E-state index contributed by atoms with van der Waals surface area (Å²) in [5.74, 6) is -0.475. The monoisotopic (exact) mass is 283 g/mol. The number of para-hydroxylation sites is 1. The van der Waals surface area contributed by atoms with Gasteiger partial charge in [-0.3, -0.25) is 9.59 Å². The van der Waals surface area contributed by atoms with Crippen molar-refractivity contribution >= 4 is 34.6 Å². The third-order valence-corrected chi connectivity index (χ3v) is 3.37. The minimum absolute atomic E-state index is 0.219. The van der Waals surface area contributed by atoms with Crippen LogP contribution in [0.1, 0.15) is 15.9 Å². The van der Waals surface area contributed by atoms with E-state index in [0.29, 0.717) is 16.2 Å². The van der Waals surface area contributed by atoms with Crippen LogP contribution < -0.4 is 5.32 Å². The van der Waals surface area contributed by atoms with Crippen molar-refractivity contribution in [1.29, 1.82) is 0 Å². The van der Waals surface area contributed by atoms with Gasteiger partial charge in [-0.2, -0.15) is 0 Å². The first-order valence-electron chi connectivity index (χ1n) is 6.07. The van der Waals surface area contributed by atoms with E-state index >= 15 is 0 Å². The van der Waals surface area contributed by atoms with E-state index in [1.165, 1.54) is 6.08 Å². The number of rotatable bonds is 2.